The summed E-state index contributed by atoms with van der Waals surface area (Å²) in [6.45, 7) is 2.74. The lowest BCUT2D eigenvalue weighted by molar-refractivity contribution is -0.119. The molecular formula is C16H14O3. The second kappa shape index (κ2) is 5.48. The van der Waals surface area contributed by atoms with Crippen molar-refractivity contribution in [2.75, 3.05) is 0 Å². The average Bonchev–Trinajstić information content (AvgIpc) is 2.85. The van der Waals surface area contributed by atoms with Crippen LogP contribution < -0.4 is 0 Å². The van der Waals surface area contributed by atoms with Gasteiger partial charge in [0.2, 0.25) is 0 Å². The van der Waals surface area contributed by atoms with Gasteiger partial charge in [-0.15, -0.1) is 0 Å². The molecule has 0 spiro atoms. The highest BCUT2D eigenvalue weighted by Gasteiger charge is 2.11. The molecule has 3 heteroatoms. The van der Waals surface area contributed by atoms with Crippen molar-refractivity contribution >= 4 is 17.6 Å². The molecule has 0 fully saturated rings. The molecule has 0 aliphatic rings. The zero-order chi connectivity index (χ0) is 13.8. The molecule has 19 heavy (non-hydrogen) atoms. The Morgan fingerprint density at radius 3 is 2.16 bits per heavy atom. The molecule has 0 bridgehead atoms. The first-order valence-corrected chi connectivity index (χ1v) is 5.97. The minimum absolute atomic E-state index is 0.147. The fraction of sp³-hybridized carbons (Fsp3) is 0.125. The highest BCUT2D eigenvalue weighted by Crippen LogP contribution is 2.23. The SMILES string of the molecule is CC(=O)C(=Cc1ccc(-c2ccccc2)o1)C(C)=O. The molecule has 0 aliphatic carbocycles. The van der Waals surface area contributed by atoms with Crippen LogP contribution >= 0.6 is 0 Å². The fourth-order valence-corrected chi connectivity index (χ4v) is 1.78. The Morgan fingerprint density at radius 2 is 1.58 bits per heavy atom. The van der Waals surface area contributed by atoms with Gasteiger partial charge in [-0.05, 0) is 32.1 Å². The summed E-state index contributed by atoms with van der Waals surface area (Å²) >= 11 is 0. The second-order valence-corrected chi connectivity index (χ2v) is 4.24. The van der Waals surface area contributed by atoms with E-state index in [1.165, 1.54) is 19.9 Å². The number of hydrogen-bond donors (Lipinski definition) is 0. The lowest BCUT2D eigenvalue weighted by Crippen LogP contribution is -2.05. The number of carbonyl (C=O) groups is 2. The number of rotatable bonds is 4. The maximum Gasteiger partial charge on any atom is 0.163 e. The van der Waals surface area contributed by atoms with Crippen LogP contribution in [-0.4, -0.2) is 11.6 Å². The minimum atomic E-state index is -0.259. The average molecular weight is 254 g/mol. The summed E-state index contributed by atoms with van der Waals surface area (Å²) in [5, 5.41) is 0. The molecule has 0 atom stereocenters. The van der Waals surface area contributed by atoms with Gasteiger partial charge in [0.1, 0.15) is 11.5 Å². The molecule has 0 radical (unpaired) electrons. The van der Waals surface area contributed by atoms with Crippen LogP contribution in [0.1, 0.15) is 19.6 Å². The third-order valence-corrected chi connectivity index (χ3v) is 2.73. The largest absolute Gasteiger partial charge is 0.457 e. The Morgan fingerprint density at radius 1 is 0.947 bits per heavy atom. The van der Waals surface area contributed by atoms with E-state index >= 15 is 0 Å². The number of benzene rings is 1. The molecule has 0 amide bonds. The van der Waals surface area contributed by atoms with Crippen molar-refractivity contribution in [1.82, 2.24) is 0 Å². The molecule has 2 aromatic rings. The van der Waals surface area contributed by atoms with Crippen molar-refractivity contribution in [3.8, 4) is 11.3 Å². The second-order valence-electron chi connectivity index (χ2n) is 4.24. The standard InChI is InChI=1S/C16H14O3/c1-11(17)15(12(2)18)10-14-8-9-16(19-14)13-6-4-3-5-7-13/h3-10H,1-2H3. The summed E-state index contributed by atoms with van der Waals surface area (Å²) < 4.78 is 5.62. The number of hydrogen-bond acceptors (Lipinski definition) is 3. The highest BCUT2D eigenvalue weighted by atomic mass is 16.3. The van der Waals surface area contributed by atoms with Crippen LogP contribution in [-0.2, 0) is 9.59 Å². The van der Waals surface area contributed by atoms with Crippen molar-refractivity contribution in [2.45, 2.75) is 13.8 Å². The summed E-state index contributed by atoms with van der Waals surface area (Å²) in [6, 6.07) is 13.2. The van der Waals surface area contributed by atoms with E-state index in [9.17, 15) is 9.59 Å². The van der Waals surface area contributed by atoms with Gasteiger partial charge in [-0.3, -0.25) is 9.59 Å². The lowest BCUT2D eigenvalue weighted by atomic mass is 10.1. The Hall–Kier alpha value is -2.42. The van der Waals surface area contributed by atoms with Crippen molar-refractivity contribution in [3.05, 3.63) is 53.8 Å². The summed E-state index contributed by atoms with van der Waals surface area (Å²) in [7, 11) is 0. The summed E-state index contributed by atoms with van der Waals surface area (Å²) in [4.78, 5) is 22.7. The number of allylic oxidation sites excluding steroid dienone is 1. The van der Waals surface area contributed by atoms with Crippen LogP contribution in [0.25, 0.3) is 17.4 Å². The molecule has 0 aliphatic heterocycles. The fourth-order valence-electron chi connectivity index (χ4n) is 1.78. The first-order valence-electron chi connectivity index (χ1n) is 5.97. The van der Waals surface area contributed by atoms with Crippen molar-refractivity contribution in [3.63, 3.8) is 0 Å². The third-order valence-electron chi connectivity index (χ3n) is 2.73. The lowest BCUT2D eigenvalue weighted by Gasteiger charge is -1.97. The predicted octanol–water partition coefficient (Wildman–Crippen LogP) is 3.51. The Labute approximate surface area is 111 Å². The molecule has 3 nitrogen and oxygen atoms in total. The highest BCUT2D eigenvalue weighted by molar-refractivity contribution is 6.21. The van der Waals surface area contributed by atoms with Crippen LogP contribution in [0, 0.1) is 0 Å². The van der Waals surface area contributed by atoms with Gasteiger partial charge in [0.05, 0.1) is 5.57 Å². The van der Waals surface area contributed by atoms with E-state index in [0.29, 0.717) is 11.5 Å². The molecule has 96 valence electrons. The van der Waals surface area contributed by atoms with E-state index in [-0.39, 0.29) is 17.1 Å². The monoisotopic (exact) mass is 254 g/mol. The van der Waals surface area contributed by atoms with E-state index in [4.69, 9.17) is 4.42 Å². The number of ketones is 2. The number of carbonyl (C=O) groups excluding carboxylic acids is 2. The van der Waals surface area contributed by atoms with Gasteiger partial charge >= 0.3 is 0 Å². The Bertz CT molecular complexity index is 617. The van der Waals surface area contributed by atoms with Crippen LogP contribution in [0.4, 0.5) is 0 Å². The van der Waals surface area contributed by atoms with Gasteiger partial charge in [0, 0.05) is 5.56 Å². The smallest absolute Gasteiger partial charge is 0.163 e. The van der Waals surface area contributed by atoms with E-state index < -0.39 is 0 Å². The van der Waals surface area contributed by atoms with Crippen LogP contribution in [0.5, 0.6) is 0 Å². The van der Waals surface area contributed by atoms with Crippen molar-refractivity contribution < 1.29 is 14.0 Å². The molecule has 1 aromatic carbocycles. The van der Waals surface area contributed by atoms with E-state index in [0.717, 1.165) is 5.56 Å². The quantitative estimate of drug-likeness (QED) is 0.476. The van der Waals surface area contributed by atoms with Gasteiger partial charge in [0.15, 0.2) is 11.6 Å². The zero-order valence-electron chi connectivity index (χ0n) is 10.8. The zero-order valence-corrected chi connectivity index (χ0v) is 10.8. The molecule has 0 saturated carbocycles. The predicted molar refractivity (Wildman–Crippen MR) is 73.5 cm³/mol. The normalized spacial score (nSPS) is 10.0. The molecule has 0 saturated heterocycles. The van der Waals surface area contributed by atoms with Crippen molar-refractivity contribution in [1.29, 1.82) is 0 Å². The Balaban J connectivity index is 2.34. The van der Waals surface area contributed by atoms with Crippen LogP contribution in [0.2, 0.25) is 0 Å². The molecule has 0 N–H and O–H groups in total. The maximum absolute atomic E-state index is 11.3. The molecular weight excluding hydrogens is 240 g/mol. The first-order chi connectivity index (χ1) is 9.08. The van der Waals surface area contributed by atoms with Gasteiger partial charge in [-0.2, -0.15) is 0 Å². The maximum atomic E-state index is 11.3. The van der Waals surface area contributed by atoms with Crippen LogP contribution in [0.3, 0.4) is 0 Å². The first kappa shape index (κ1) is 13.0. The van der Waals surface area contributed by atoms with E-state index in [1.54, 1.807) is 6.07 Å². The van der Waals surface area contributed by atoms with Gasteiger partial charge in [0.25, 0.3) is 0 Å². The van der Waals surface area contributed by atoms with Gasteiger partial charge in [-0.1, -0.05) is 30.3 Å². The summed E-state index contributed by atoms with van der Waals surface area (Å²) in [6.07, 6.45) is 1.48. The molecule has 0 unspecified atom stereocenters. The third kappa shape index (κ3) is 3.07. The van der Waals surface area contributed by atoms with E-state index in [2.05, 4.69) is 0 Å². The number of Topliss-reactive ketones (excluding diaryl/α,β-unsaturated/α-hetero) is 2. The van der Waals surface area contributed by atoms with Crippen LogP contribution in [0.15, 0.2) is 52.5 Å². The number of furan rings is 1. The van der Waals surface area contributed by atoms with Gasteiger partial charge in [-0.25, -0.2) is 0 Å². The molecule has 2 rings (SSSR count). The molecule has 1 heterocycles. The Kier molecular flexibility index (Phi) is 3.76. The molecule has 1 aromatic heterocycles. The van der Waals surface area contributed by atoms with Crippen molar-refractivity contribution in [2.24, 2.45) is 0 Å². The van der Waals surface area contributed by atoms with Gasteiger partial charge < -0.3 is 4.42 Å². The summed E-state index contributed by atoms with van der Waals surface area (Å²) in [5.41, 5.74) is 1.10. The topological polar surface area (TPSA) is 47.3 Å². The van der Waals surface area contributed by atoms with E-state index in [1.807, 2.05) is 36.4 Å². The minimum Gasteiger partial charge on any atom is -0.457 e. The summed E-state index contributed by atoms with van der Waals surface area (Å²) in [5.74, 6) is 0.688.